The SMILES string of the molecule is CCS(=O)(=O)CCNCC(O)COc1ccc(C)cc1C. The Labute approximate surface area is 127 Å². The first-order valence-electron chi connectivity index (χ1n) is 7.13. The van der Waals surface area contributed by atoms with E-state index in [9.17, 15) is 13.5 Å². The predicted octanol–water partition coefficient (Wildman–Crippen LogP) is 1.07. The molecule has 0 heterocycles. The number of hydrogen-bond acceptors (Lipinski definition) is 5. The Bertz CT molecular complexity index is 543. The molecule has 0 spiro atoms. The minimum atomic E-state index is -2.96. The summed E-state index contributed by atoms with van der Waals surface area (Å²) in [5, 5.41) is 12.7. The number of sulfone groups is 1. The van der Waals surface area contributed by atoms with E-state index in [4.69, 9.17) is 4.74 Å². The van der Waals surface area contributed by atoms with Crippen LogP contribution in [0.4, 0.5) is 0 Å². The van der Waals surface area contributed by atoms with Crippen molar-refractivity contribution < 1.29 is 18.3 Å². The molecule has 0 saturated carbocycles. The third-order valence-corrected chi connectivity index (χ3v) is 4.88. The van der Waals surface area contributed by atoms with E-state index in [1.54, 1.807) is 6.92 Å². The van der Waals surface area contributed by atoms with Crippen LogP contribution in [0.1, 0.15) is 18.1 Å². The molecule has 0 aliphatic carbocycles. The summed E-state index contributed by atoms with van der Waals surface area (Å²) < 4.78 is 28.1. The third-order valence-electron chi connectivity index (χ3n) is 3.17. The largest absolute Gasteiger partial charge is 0.491 e. The van der Waals surface area contributed by atoms with Gasteiger partial charge < -0.3 is 15.2 Å². The highest BCUT2D eigenvalue weighted by molar-refractivity contribution is 7.91. The van der Waals surface area contributed by atoms with Crippen LogP contribution in [0.2, 0.25) is 0 Å². The summed E-state index contributed by atoms with van der Waals surface area (Å²) in [6, 6.07) is 5.87. The summed E-state index contributed by atoms with van der Waals surface area (Å²) in [4.78, 5) is 0. The second-order valence-electron chi connectivity index (χ2n) is 5.17. The third kappa shape index (κ3) is 6.93. The van der Waals surface area contributed by atoms with Gasteiger partial charge in [-0.25, -0.2) is 8.42 Å². The molecule has 1 aromatic rings. The Kier molecular flexibility index (Phi) is 7.14. The summed E-state index contributed by atoms with van der Waals surface area (Å²) in [5.41, 5.74) is 2.20. The van der Waals surface area contributed by atoms with E-state index in [0.29, 0.717) is 13.1 Å². The van der Waals surface area contributed by atoms with Crippen LogP contribution in [0.15, 0.2) is 18.2 Å². The quantitative estimate of drug-likeness (QED) is 0.667. The van der Waals surface area contributed by atoms with E-state index in [1.807, 2.05) is 32.0 Å². The van der Waals surface area contributed by atoms with Crippen molar-refractivity contribution in [2.24, 2.45) is 0 Å². The van der Waals surface area contributed by atoms with E-state index >= 15 is 0 Å². The van der Waals surface area contributed by atoms with Crippen molar-refractivity contribution >= 4 is 9.84 Å². The number of aliphatic hydroxyl groups is 1. The standard InChI is InChI=1S/C15H25NO4S/c1-4-21(18,19)8-7-16-10-14(17)11-20-15-6-5-12(2)9-13(15)3/h5-6,9,14,16-17H,4,7-8,10-11H2,1-3H3. The fourth-order valence-electron chi connectivity index (χ4n) is 1.85. The van der Waals surface area contributed by atoms with Gasteiger partial charge in [-0.1, -0.05) is 24.6 Å². The zero-order chi connectivity index (χ0) is 15.9. The van der Waals surface area contributed by atoms with Gasteiger partial charge in [-0.15, -0.1) is 0 Å². The smallest absolute Gasteiger partial charge is 0.151 e. The van der Waals surface area contributed by atoms with Crippen molar-refractivity contribution in [3.63, 3.8) is 0 Å². The molecule has 0 aliphatic rings. The van der Waals surface area contributed by atoms with E-state index in [0.717, 1.165) is 11.3 Å². The summed E-state index contributed by atoms with van der Waals surface area (Å²) >= 11 is 0. The topological polar surface area (TPSA) is 75.6 Å². The van der Waals surface area contributed by atoms with Crippen LogP contribution in [0, 0.1) is 13.8 Å². The Balaban J connectivity index is 2.26. The molecule has 0 amide bonds. The van der Waals surface area contributed by atoms with Crippen LogP contribution < -0.4 is 10.1 Å². The van der Waals surface area contributed by atoms with Crippen molar-refractivity contribution in [2.45, 2.75) is 26.9 Å². The molecule has 0 aromatic heterocycles. The highest BCUT2D eigenvalue weighted by Crippen LogP contribution is 2.18. The Hall–Kier alpha value is -1.11. The van der Waals surface area contributed by atoms with Gasteiger partial charge in [0.2, 0.25) is 0 Å². The first-order valence-corrected chi connectivity index (χ1v) is 8.95. The molecule has 0 aliphatic heterocycles. The summed E-state index contributed by atoms with van der Waals surface area (Å²) in [6.45, 7) is 6.43. The Morgan fingerprint density at radius 2 is 2.05 bits per heavy atom. The van der Waals surface area contributed by atoms with E-state index in [1.165, 1.54) is 5.56 Å². The zero-order valence-electron chi connectivity index (χ0n) is 12.9. The Morgan fingerprint density at radius 3 is 2.67 bits per heavy atom. The number of rotatable bonds is 9. The predicted molar refractivity (Wildman–Crippen MR) is 84.6 cm³/mol. The van der Waals surface area contributed by atoms with Gasteiger partial charge in [-0.2, -0.15) is 0 Å². The molecule has 5 nitrogen and oxygen atoms in total. The second kappa shape index (κ2) is 8.36. The molecule has 2 N–H and O–H groups in total. The molecule has 0 fully saturated rings. The fraction of sp³-hybridized carbons (Fsp3) is 0.600. The average molecular weight is 315 g/mol. The van der Waals surface area contributed by atoms with Gasteiger partial charge >= 0.3 is 0 Å². The maximum atomic E-state index is 11.3. The molecular formula is C15H25NO4S. The highest BCUT2D eigenvalue weighted by atomic mass is 32.2. The molecule has 1 rings (SSSR count). The van der Waals surface area contributed by atoms with Gasteiger partial charge in [-0.3, -0.25) is 0 Å². The number of benzene rings is 1. The zero-order valence-corrected chi connectivity index (χ0v) is 13.7. The number of aliphatic hydroxyl groups excluding tert-OH is 1. The van der Waals surface area contributed by atoms with Gasteiger partial charge in [0.1, 0.15) is 18.5 Å². The van der Waals surface area contributed by atoms with Crippen molar-refractivity contribution in [3.8, 4) is 5.75 Å². The monoisotopic (exact) mass is 315 g/mol. The molecule has 21 heavy (non-hydrogen) atoms. The Morgan fingerprint density at radius 1 is 1.33 bits per heavy atom. The average Bonchev–Trinajstić information content (AvgIpc) is 2.43. The number of hydrogen-bond donors (Lipinski definition) is 2. The number of aryl methyl sites for hydroxylation is 2. The normalized spacial score (nSPS) is 13.1. The van der Waals surface area contributed by atoms with Crippen LogP contribution in [0.25, 0.3) is 0 Å². The molecule has 0 radical (unpaired) electrons. The minimum absolute atomic E-state index is 0.0914. The molecular weight excluding hydrogens is 290 g/mol. The lowest BCUT2D eigenvalue weighted by atomic mass is 10.1. The van der Waals surface area contributed by atoms with Gasteiger partial charge in [0.15, 0.2) is 9.84 Å². The number of nitrogens with one attached hydrogen (secondary N) is 1. The van der Waals surface area contributed by atoms with Crippen molar-refractivity contribution in [2.75, 3.05) is 31.2 Å². The van der Waals surface area contributed by atoms with Gasteiger partial charge in [0.25, 0.3) is 0 Å². The van der Waals surface area contributed by atoms with Gasteiger partial charge in [0, 0.05) is 18.8 Å². The van der Waals surface area contributed by atoms with E-state index in [-0.39, 0.29) is 18.1 Å². The minimum Gasteiger partial charge on any atom is -0.491 e. The second-order valence-corrected chi connectivity index (χ2v) is 7.65. The molecule has 1 atom stereocenters. The van der Waals surface area contributed by atoms with Gasteiger partial charge in [-0.05, 0) is 25.5 Å². The van der Waals surface area contributed by atoms with Crippen LogP contribution in [0.3, 0.4) is 0 Å². The lowest BCUT2D eigenvalue weighted by molar-refractivity contribution is 0.106. The highest BCUT2D eigenvalue weighted by Gasteiger charge is 2.09. The first-order chi connectivity index (χ1) is 9.84. The van der Waals surface area contributed by atoms with Crippen LogP contribution >= 0.6 is 0 Å². The van der Waals surface area contributed by atoms with Gasteiger partial charge in [0.05, 0.1) is 5.75 Å². The maximum Gasteiger partial charge on any atom is 0.151 e. The van der Waals surface area contributed by atoms with Crippen LogP contribution in [0.5, 0.6) is 5.75 Å². The summed E-state index contributed by atoms with van der Waals surface area (Å²) in [6.07, 6.45) is -0.671. The van der Waals surface area contributed by atoms with Crippen molar-refractivity contribution in [1.82, 2.24) is 5.32 Å². The van der Waals surface area contributed by atoms with E-state index < -0.39 is 15.9 Å². The molecule has 1 unspecified atom stereocenters. The molecule has 6 heteroatoms. The van der Waals surface area contributed by atoms with Crippen molar-refractivity contribution in [1.29, 1.82) is 0 Å². The van der Waals surface area contributed by atoms with Crippen LogP contribution in [-0.2, 0) is 9.84 Å². The summed E-state index contributed by atoms with van der Waals surface area (Å²) in [7, 11) is -2.96. The number of ether oxygens (including phenoxy) is 1. The lowest BCUT2D eigenvalue weighted by Gasteiger charge is -2.15. The molecule has 120 valence electrons. The summed E-state index contributed by atoms with van der Waals surface area (Å²) in [5.74, 6) is 0.995. The molecule has 0 saturated heterocycles. The fourth-order valence-corrected chi connectivity index (χ4v) is 2.59. The molecule has 0 bridgehead atoms. The van der Waals surface area contributed by atoms with Crippen molar-refractivity contribution in [3.05, 3.63) is 29.3 Å². The maximum absolute atomic E-state index is 11.3. The first kappa shape index (κ1) is 17.9. The van der Waals surface area contributed by atoms with E-state index in [2.05, 4.69) is 5.32 Å². The van der Waals surface area contributed by atoms with Crippen LogP contribution in [-0.4, -0.2) is 50.8 Å². The lowest BCUT2D eigenvalue weighted by Crippen LogP contribution is -2.34. The molecule has 1 aromatic carbocycles.